The molecule has 0 radical (unpaired) electrons. The van der Waals surface area contributed by atoms with Gasteiger partial charge in [-0.1, -0.05) is 17.7 Å². The predicted molar refractivity (Wildman–Crippen MR) is 113 cm³/mol. The first-order chi connectivity index (χ1) is 14.6. The zero-order valence-electron chi connectivity index (χ0n) is 16.7. The van der Waals surface area contributed by atoms with E-state index < -0.39 is 12.2 Å². The molecule has 1 unspecified atom stereocenters. The quantitative estimate of drug-likeness (QED) is 0.474. The van der Waals surface area contributed by atoms with Gasteiger partial charge in [-0.15, -0.1) is 11.3 Å². The topological polar surface area (TPSA) is 47.4 Å². The summed E-state index contributed by atoms with van der Waals surface area (Å²) >= 11 is 7.37. The molecule has 0 bridgehead atoms. The van der Waals surface area contributed by atoms with Crippen molar-refractivity contribution in [2.75, 3.05) is 11.4 Å². The van der Waals surface area contributed by atoms with Crippen molar-refractivity contribution in [1.82, 2.24) is 9.78 Å². The van der Waals surface area contributed by atoms with Crippen LogP contribution >= 0.6 is 22.9 Å². The highest BCUT2D eigenvalue weighted by molar-refractivity contribution is 7.12. The Kier molecular flexibility index (Phi) is 5.74. The number of aryl methyl sites for hydroxylation is 2. The number of benzene rings is 1. The number of rotatable bonds is 4. The van der Waals surface area contributed by atoms with Crippen LogP contribution in [-0.4, -0.2) is 28.4 Å². The van der Waals surface area contributed by atoms with Crippen LogP contribution in [0.5, 0.6) is 5.75 Å². The number of carbonyl (C=O) groups is 1. The third-order valence-corrected chi connectivity index (χ3v) is 6.28. The van der Waals surface area contributed by atoms with Crippen molar-refractivity contribution in [3.63, 3.8) is 0 Å². The number of halogens is 4. The summed E-state index contributed by atoms with van der Waals surface area (Å²) in [7, 11) is 0. The van der Waals surface area contributed by atoms with Crippen LogP contribution in [-0.2, 0) is 6.61 Å². The summed E-state index contributed by atoms with van der Waals surface area (Å²) in [6.45, 7) is 3.73. The number of ether oxygens (including phenoxy) is 1. The molecule has 2 aromatic heterocycles. The van der Waals surface area contributed by atoms with E-state index in [1.165, 1.54) is 22.3 Å². The summed E-state index contributed by atoms with van der Waals surface area (Å²) in [4.78, 5) is 14.8. The van der Waals surface area contributed by atoms with Gasteiger partial charge >= 0.3 is 6.18 Å². The summed E-state index contributed by atoms with van der Waals surface area (Å²) in [5.74, 6) is 0.356. The molecule has 0 spiro atoms. The van der Waals surface area contributed by atoms with Crippen LogP contribution in [0.1, 0.15) is 39.0 Å². The number of aromatic nitrogens is 2. The van der Waals surface area contributed by atoms with Gasteiger partial charge in [0.05, 0.1) is 15.6 Å². The molecule has 0 N–H and O–H groups in total. The normalized spacial score (nSPS) is 16.3. The Balaban J connectivity index is 1.51. The molecule has 1 aromatic carbocycles. The Morgan fingerprint density at radius 3 is 2.81 bits per heavy atom. The van der Waals surface area contributed by atoms with Gasteiger partial charge in [0.25, 0.3) is 5.91 Å². The highest BCUT2D eigenvalue weighted by Crippen LogP contribution is 2.40. The minimum absolute atomic E-state index is 0.0310. The first-order valence-corrected chi connectivity index (χ1v) is 10.8. The summed E-state index contributed by atoms with van der Waals surface area (Å²) in [5.41, 5.74) is 2.22. The van der Waals surface area contributed by atoms with Crippen LogP contribution in [0.4, 0.5) is 19.0 Å². The largest absolute Gasteiger partial charge is 0.487 e. The molecule has 10 heteroatoms. The van der Waals surface area contributed by atoms with Gasteiger partial charge in [0.15, 0.2) is 6.04 Å². The lowest BCUT2D eigenvalue weighted by molar-refractivity contribution is -0.172. The zero-order valence-corrected chi connectivity index (χ0v) is 18.3. The maximum absolute atomic E-state index is 13.4. The van der Waals surface area contributed by atoms with Gasteiger partial charge in [0.2, 0.25) is 0 Å². The van der Waals surface area contributed by atoms with E-state index in [1.807, 2.05) is 19.1 Å². The fourth-order valence-corrected chi connectivity index (χ4v) is 4.53. The van der Waals surface area contributed by atoms with Gasteiger partial charge < -0.3 is 4.74 Å². The molecule has 0 saturated heterocycles. The van der Waals surface area contributed by atoms with E-state index >= 15 is 0 Å². The summed E-state index contributed by atoms with van der Waals surface area (Å²) < 4.78 is 46.8. The second-order valence-electron chi connectivity index (χ2n) is 7.43. The molecule has 31 heavy (non-hydrogen) atoms. The average molecular weight is 470 g/mol. The molecule has 1 aliphatic heterocycles. The van der Waals surface area contributed by atoms with Crippen molar-refractivity contribution in [2.45, 2.75) is 39.1 Å². The minimum atomic E-state index is -4.42. The molecule has 0 aliphatic carbocycles. The average Bonchev–Trinajstić information content (AvgIpc) is 3.32. The minimum Gasteiger partial charge on any atom is -0.487 e. The second-order valence-corrected chi connectivity index (χ2v) is 8.75. The van der Waals surface area contributed by atoms with E-state index in [1.54, 1.807) is 24.4 Å². The molecule has 1 aliphatic rings. The Morgan fingerprint density at radius 2 is 2.06 bits per heavy atom. The zero-order chi connectivity index (χ0) is 22.3. The Morgan fingerprint density at radius 1 is 1.29 bits per heavy atom. The second kappa shape index (κ2) is 8.20. The summed E-state index contributed by atoms with van der Waals surface area (Å²) in [6, 6.07) is 6.93. The van der Waals surface area contributed by atoms with E-state index in [2.05, 4.69) is 5.10 Å². The van der Waals surface area contributed by atoms with Crippen molar-refractivity contribution in [3.05, 3.63) is 62.4 Å². The van der Waals surface area contributed by atoms with Gasteiger partial charge in [0.1, 0.15) is 18.2 Å². The standard InChI is InChI=1S/C21H19ClF3N3O2S/c1-12-3-4-15(22)16(7-12)30-10-14-9-17(31-11-14)20(29)27-6-5-18(21(23,24)25)28-19(27)8-13(2)26-28/h3-4,7-9,11,18H,5-6,10H2,1-2H3. The number of hydrogen-bond acceptors (Lipinski definition) is 4. The van der Waals surface area contributed by atoms with E-state index in [9.17, 15) is 18.0 Å². The first-order valence-electron chi connectivity index (χ1n) is 9.54. The molecular weight excluding hydrogens is 451 g/mol. The van der Waals surface area contributed by atoms with Gasteiger partial charge in [-0.25, -0.2) is 4.68 Å². The number of thiophene rings is 1. The van der Waals surface area contributed by atoms with Crippen LogP contribution in [0.3, 0.4) is 0 Å². The van der Waals surface area contributed by atoms with E-state index in [0.29, 0.717) is 21.3 Å². The Hall–Kier alpha value is -2.52. The highest BCUT2D eigenvalue weighted by atomic mass is 35.5. The molecule has 3 heterocycles. The Labute approximate surface area is 186 Å². The highest BCUT2D eigenvalue weighted by Gasteiger charge is 2.46. The molecule has 0 saturated carbocycles. The van der Waals surface area contributed by atoms with Gasteiger partial charge in [0, 0.05) is 18.2 Å². The van der Waals surface area contributed by atoms with Crippen LogP contribution in [0.2, 0.25) is 5.02 Å². The van der Waals surface area contributed by atoms with Crippen molar-refractivity contribution in [1.29, 1.82) is 0 Å². The van der Waals surface area contributed by atoms with Gasteiger partial charge in [-0.05, 0) is 49.4 Å². The molecule has 164 valence electrons. The lowest BCUT2D eigenvalue weighted by Crippen LogP contribution is -2.42. The Bertz CT molecular complexity index is 1130. The number of anilines is 1. The van der Waals surface area contributed by atoms with Crippen LogP contribution in [0.25, 0.3) is 0 Å². The molecule has 1 atom stereocenters. The lowest BCUT2D eigenvalue weighted by Gasteiger charge is -2.33. The number of alkyl halides is 3. The van der Waals surface area contributed by atoms with Gasteiger partial charge in [-0.2, -0.15) is 18.3 Å². The molecule has 1 amide bonds. The van der Waals surface area contributed by atoms with Crippen LogP contribution in [0, 0.1) is 13.8 Å². The number of hydrogen-bond donors (Lipinski definition) is 0. The number of amides is 1. The van der Waals surface area contributed by atoms with Crippen molar-refractivity contribution in [2.24, 2.45) is 0 Å². The monoisotopic (exact) mass is 469 g/mol. The first kappa shape index (κ1) is 21.7. The third kappa shape index (κ3) is 4.43. The van der Waals surface area contributed by atoms with Crippen LogP contribution < -0.4 is 9.64 Å². The third-order valence-electron chi connectivity index (χ3n) is 5.00. The summed E-state index contributed by atoms with van der Waals surface area (Å²) in [5, 5.41) is 6.27. The summed E-state index contributed by atoms with van der Waals surface area (Å²) in [6.07, 6.45) is -4.66. The molecule has 3 aromatic rings. The number of nitrogens with zero attached hydrogens (tertiary/aromatic N) is 3. The predicted octanol–water partition coefficient (Wildman–Crippen LogP) is 5.95. The lowest BCUT2D eigenvalue weighted by atomic mass is 10.1. The van der Waals surface area contributed by atoms with Crippen molar-refractivity contribution >= 4 is 34.7 Å². The van der Waals surface area contributed by atoms with Gasteiger partial charge in [-0.3, -0.25) is 9.69 Å². The SMILES string of the molecule is Cc1ccc(Cl)c(OCc2csc(C(=O)N3CCC(C(F)(F)F)n4nc(C)cc43)c2)c1. The van der Waals surface area contributed by atoms with E-state index in [4.69, 9.17) is 16.3 Å². The molecule has 5 nitrogen and oxygen atoms in total. The molecule has 0 fully saturated rings. The van der Waals surface area contributed by atoms with E-state index in [-0.39, 0.29) is 31.3 Å². The fraction of sp³-hybridized carbons (Fsp3) is 0.333. The molecular formula is C21H19ClF3N3O2S. The van der Waals surface area contributed by atoms with Crippen molar-refractivity contribution in [3.8, 4) is 5.75 Å². The maximum atomic E-state index is 13.4. The molecule has 4 rings (SSSR count). The smallest absolute Gasteiger partial charge is 0.410 e. The number of fused-ring (bicyclic) bond motifs is 1. The van der Waals surface area contributed by atoms with Crippen LogP contribution in [0.15, 0.2) is 35.7 Å². The fourth-order valence-electron chi connectivity index (χ4n) is 3.51. The maximum Gasteiger partial charge on any atom is 0.410 e. The number of carbonyl (C=O) groups excluding carboxylic acids is 1. The van der Waals surface area contributed by atoms with E-state index in [0.717, 1.165) is 15.8 Å². The van der Waals surface area contributed by atoms with Crippen molar-refractivity contribution < 1.29 is 22.7 Å².